The van der Waals surface area contributed by atoms with Crippen LogP contribution < -0.4 is 5.43 Å². The molecule has 6 heteroatoms. The third kappa shape index (κ3) is 4.29. The summed E-state index contributed by atoms with van der Waals surface area (Å²) in [4.78, 5) is 11.9. The number of phenolic OH excluding ortho intramolecular Hbond substituents is 1. The molecule has 0 aliphatic carbocycles. The maximum absolute atomic E-state index is 11.9. The van der Waals surface area contributed by atoms with Crippen LogP contribution in [-0.4, -0.2) is 27.0 Å². The summed E-state index contributed by atoms with van der Waals surface area (Å²) in [6, 6.07) is 7.26. The first-order valence-corrected chi connectivity index (χ1v) is 7.26. The first-order chi connectivity index (χ1) is 11.0. The minimum atomic E-state index is -0.283. The molecule has 0 fully saturated rings. The number of allylic oxidation sites excluding steroid dienone is 1. The highest BCUT2D eigenvalue weighted by molar-refractivity contribution is 5.85. The molecular weight excluding hydrogens is 292 g/mol. The number of aromatic nitrogens is 2. The predicted octanol–water partition coefficient (Wildman–Crippen LogP) is 2.08. The molecule has 0 spiro atoms. The maximum Gasteiger partial charge on any atom is 0.261 e. The second-order valence-electron chi connectivity index (χ2n) is 5.23. The number of nitrogens with zero attached hydrogens (tertiary/aromatic N) is 3. The van der Waals surface area contributed by atoms with Gasteiger partial charge in [-0.15, -0.1) is 6.58 Å². The van der Waals surface area contributed by atoms with Crippen molar-refractivity contribution in [2.45, 2.75) is 26.8 Å². The van der Waals surface area contributed by atoms with Crippen LogP contribution in [0.4, 0.5) is 0 Å². The molecule has 0 bridgehead atoms. The summed E-state index contributed by atoms with van der Waals surface area (Å²) in [6.07, 6.45) is 3.70. The van der Waals surface area contributed by atoms with Gasteiger partial charge >= 0.3 is 0 Å². The van der Waals surface area contributed by atoms with Crippen LogP contribution in [0.2, 0.25) is 0 Å². The van der Waals surface area contributed by atoms with Gasteiger partial charge in [-0.2, -0.15) is 10.2 Å². The molecule has 23 heavy (non-hydrogen) atoms. The Morgan fingerprint density at radius 2 is 2.26 bits per heavy atom. The van der Waals surface area contributed by atoms with Crippen molar-refractivity contribution in [3.05, 3.63) is 59.4 Å². The van der Waals surface area contributed by atoms with Gasteiger partial charge in [-0.3, -0.25) is 9.48 Å². The highest BCUT2D eigenvalue weighted by Gasteiger charge is 2.07. The highest BCUT2D eigenvalue weighted by atomic mass is 16.3. The molecule has 1 aromatic carbocycles. The van der Waals surface area contributed by atoms with E-state index in [1.165, 1.54) is 6.21 Å². The Bertz CT molecular complexity index is 747. The van der Waals surface area contributed by atoms with Crippen LogP contribution >= 0.6 is 0 Å². The van der Waals surface area contributed by atoms with Crippen LogP contribution in [0.25, 0.3) is 0 Å². The topological polar surface area (TPSA) is 79.5 Å². The number of amides is 1. The molecule has 120 valence electrons. The summed E-state index contributed by atoms with van der Waals surface area (Å²) < 4.78 is 1.61. The number of nitrogens with one attached hydrogen (secondary N) is 1. The molecule has 1 aromatic heterocycles. The third-order valence-electron chi connectivity index (χ3n) is 3.30. The SMILES string of the molecule is C=CCc1cccc(C=NNC(=O)Cn2nc(C)cc2C)c1O. The minimum Gasteiger partial charge on any atom is -0.507 e. The molecule has 2 N–H and O–H groups in total. The summed E-state index contributed by atoms with van der Waals surface area (Å²) >= 11 is 0. The van der Waals surface area contributed by atoms with E-state index in [-0.39, 0.29) is 18.2 Å². The molecule has 6 nitrogen and oxygen atoms in total. The van der Waals surface area contributed by atoms with Gasteiger partial charge in [-0.1, -0.05) is 18.2 Å². The molecule has 2 rings (SSSR count). The van der Waals surface area contributed by atoms with Gasteiger partial charge in [0.05, 0.1) is 11.9 Å². The van der Waals surface area contributed by atoms with E-state index in [0.717, 1.165) is 17.0 Å². The van der Waals surface area contributed by atoms with Crippen LogP contribution in [0.5, 0.6) is 5.75 Å². The number of hydrogen-bond donors (Lipinski definition) is 2. The molecule has 0 saturated carbocycles. The Balaban J connectivity index is 1.99. The van der Waals surface area contributed by atoms with Crippen molar-refractivity contribution < 1.29 is 9.90 Å². The standard InChI is InChI=1S/C17H20N4O2/c1-4-6-14-7-5-8-15(17(14)23)10-18-19-16(22)11-21-13(3)9-12(2)20-21/h4-5,7-10,23H,1,6,11H2,2-3H3,(H,19,22). The van der Waals surface area contributed by atoms with Crippen LogP contribution in [-0.2, 0) is 17.8 Å². The van der Waals surface area contributed by atoms with Crippen LogP contribution in [0.3, 0.4) is 0 Å². The van der Waals surface area contributed by atoms with Crippen LogP contribution in [0.15, 0.2) is 42.0 Å². The Morgan fingerprint density at radius 1 is 1.48 bits per heavy atom. The number of rotatable bonds is 6. The lowest BCUT2D eigenvalue weighted by molar-refractivity contribution is -0.121. The second-order valence-corrected chi connectivity index (χ2v) is 5.23. The lowest BCUT2D eigenvalue weighted by Crippen LogP contribution is -2.24. The number of hydrazone groups is 1. The summed E-state index contributed by atoms with van der Waals surface area (Å²) in [6.45, 7) is 7.51. The quantitative estimate of drug-likeness (QED) is 0.487. The molecule has 0 atom stereocenters. The zero-order chi connectivity index (χ0) is 16.8. The van der Waals surface area contributed by atoms with Crippen molar-refractivity contribution in [1.82, 2.24) is 15.2 Å². The number of aryl methyl sites for hydroxylation is 2. The summed E-state index contributed by atoms with van der Waals surface area (Å²) in [5.41, 5.74) is 5.51. The summed E-state index contributed by atoms with van der Waals surface area (Å²) in [5, 5.41) is 18.2. The van der Waals surface area contributed by atoms with Gasteiger partial charge in [-0.05, 0) is 38.0 Å². The number of para-hydroxylation sites is 1. The van der Waals surface area contributed by atoms with Crippen LogP contribution in [0, 0.1) is 13.8 Å². The van der Waals surface area contributed by atoms with Crippen molar-refractivity contribution in [2.75, 3.05) is 0 Å². The zero-order valence-corrected chi connectivity index (χ0v) is 13.3. The van der Waals surface area contributed by atoms with Gasteiger partial charge in [0.15, 0.2) is 0 Å². The monoisotopic (exact) mass is 312 g/mol. The van der Waals surface area contributed by atoms with Gasteiger partial charge in [0.1, 0.15) is 12.3 Å². The molecule has 0 aliphatic heterocycles. The Labute approximate surface area is 135 Å². The molecule has 1 amide bonds. The zero-order valence-electron chi connectivity index (χ0n) is 13.3. The van der Waals surface area contributed by atoms with Crippen LogP contribution in [0.1, 0.15) is 22.5 Å². The predicted molar refractivity (Wildman–Crippen MR) is 89.4 cm³/mol. The number of hydrogen-bond acceptors (Lipinski definition) is 4. The van der Waals surface area contributed by atoms with Crippen molar-refractivity contribution >= 4 is 12.1 Å². The summed E-state index contributed by atoms with van der Waals surface area (Å²) in [7, 11) is 0. The first kappa shape index (κ1) is 16.5. The minimum absolute atomic E-state index is 0.0967. The number of phenols is 1. The molecule has 0 saturated heterocycles. The van der Waals surface area contributed by atoms with Gasteiger partial charge < -0.3 is 5.11 Å². The molecular formula is C17H20N4O2. The average molecular weight is 312 g/mol. The largest absolute Gasteiger partial charge is 0.507 e. The van der Waals surface area contributed by atoms with E-state index < -0.39 is 0 Å². The third-order valence-corrected chi connectivity index (χ3v) is 3.30. The number of benzene rings is 1. The number of carbonyl (C=O) groups is 1. The van der Waals surface area contributed by atoms with E-state index in [4.69, 9.17) is 0 Å². The lowest BCUT2D eigenvalue weighted by atomic mass is 10.1. The van der Waals surface area contributed by atoms with Crippen molar-refractivity contribution in [2.24, 2.45) is 5.10 Å². The number of carbonyl (C=O) groups excluding carboxylic acids is 1. The van der Waals surface area contributed by atoms with Gasteiger partial charge in [0, 0.05) is 11.3 Å². The van der Waals surface area contributed by atoms with Gasteiger partial charge in [0.25, 0.3) is 5.91 Å². The Morgan fingerprint density at radius 3 is 2.91 bits per heavy atom. The van der Waals surface area contributed by atoms with E-state index in [1.807, 2.05) is 32.0 Å². The maximum atomic E-state index is 11.9. The van der Waals surface area contributed by atoms with E-state index in [9.17, 15) is 9.90 Å². The summed E-state index contributed by atoms with van der Waals surface area (Å²) in [5.74, 6) is -0.141. The fourth-order valence-corrected chi connectivity index (χ4v) is 2.22. The van der Waals surface area contributed by atoms with E-state index in [0.29, 0.717) is 12.0 Å². The Kier molecular flexibility index (Phi) is 5.30. The molecule has 1 heterocycles. The lowest BCUT2D eigenvalue weighted by Gasteiger charge is -2.05. The normalized spacial score (nSPS) is 10.9. The van der Waals surface area contributed by atoms with E-state index >= 15 is 0 Å². The molecule has 0 radical (unpaired) electrons. The second kappa shape index (κ2) is 7.40. The number of aromatic hydroxyl groups is 1. The Hall–Kier alpha value is -2.89. The fourth-order valence-electron chi connectivity index (χ4n) is 2.22. The smallest absolute Gasteiger partial charge is 0.261 e. The molecule has 0 unspecified atom stereocenters. The van der Waals surface area contributed by atoms with Crippen molar-refractivity contribution in [3.8, 4) is 5.75 Å². The fraction of sp³-hybridized carbons (Fsp3) is 0.235. The molecule has 0 aliphatic rings. The first-order valence-electron chi connectivity index (χ1n) is 7.26. The van der Waals surface area contributed by atoms with Crippen molar-refractivity contribution in [3.63, 3.8) is 0 Å². The molecule has 2 aromatic rings. The van der Waals surface area contributed by atoms with E-state index in [1.54, 1.807) is 16.8 Å². The highest BCUT2D eigenvalue weighted by Crippen LogP contribution is 2.21. The van der Waals surface area contributed by atoms with Gasteiger partial charge in [-0.25, -0.2) is 5.43 Å². The van der Waals surface area contributed by atoms with Gasteiger partial charge in [0.2, 0.25) is 0 Å². The van der Waals surface area contributed by atoms with E-state index in [2.05, 4.69) is 22.2 Å². The van der Waals surface area contributed by atoms with Crippen molar-refractivity contribution in [1.29, 1.82) is 0 Å². The average Bonchev–Trinajstić information content (AvgIpc) is 2.81.